The number of nitrogens with one attached hydrogen (secondary N) is 1. The molecule has 136 valence electrons. The normalized spacial score (nSPS) is 12.2. The van der Waals surface area contributed by atoms with Gasteiger partial charge in [0.05, 0.1) is 9.79 Å². The molecule has 0 bridgehead atoms. The highest BCUT2D eigenvalue weighted by Gasteiger charge is 2.15. The first kappa shape index (κ1) is 19.9. The Labute approximate surface area is 150 Å². The van der Waals surface area contributed by atoms with Crippen molar-refractivity contribution in [3.05, 3.63) is 59.9 Å². The first-order valence-corrected chi connectivity index (χ1v) is 11.3. The molecule has 6 nitrogen and oxygen atoms in total. The van der Waals surface area contributed by atoms with Gasteiger partial charge in [0.2, 0.25) is 20.0 Å². The zero-order valence-electron chi connectivity index (χ0n) is 13.1. The molecule has 10 heteroatoms. The molecule has 0 atom stereocenters. The van der Waals surface area contributed by atoms with Crippen LogP contribution in [-0.2, 0) is 25.8 Å². The van der Waals surface area contributed by atoms with E-state index in [9.17, 15) is 21.2 Å². The van der Waals surface area contributed by atoms with Gasteiger partial charge in [-0.2, -0.15) is 11.8 Å². The van der Waals surface area contributed by atoms with Crippen LogP contribution in [-0.4, -0.2) is 29.1 Å². The van der Waals surface area contributed by atoms with Gasteiger partial charge in [0, 0.05) is 18.1 Å². The Morgan fingerprint density at radius 3 is 2.16 bits per heavy atom. The van der Waals surface area contributed by atoms with Crippen molar-refractivity contribution in [3.63, 3.8) is 0 Å². The number of halogens is 1. The number of rotatable bonds is 8. The molecule has 2 aromatic rings. The Hall–Kier alpha value is -1.46. The van der Waals surface area contributed by atoms with E-state index in [2.05, 4.69) is 4.72 Å². The third kappa shape index (κ3) is 5.79. The highest BCUT2D eigenvalue weighted by molar-refractivity contribution is 7.98. The maximum atomic E-state index is 13.4. The monoisotopic (exact) mass is 404 g/mol. The molecule has 0 aliphatic rings. The molecule has 0 radical (unpaired) electrons. The lowest BCUT2D eigenvalue weighted by Gasteiger charge is -2.08. The first-order chi connectivity index (χ1) is 11.7. The number of benzene rings is 2. The van der Waals surface area contributed by atoms with Crippen LogP contribution < -0.4 is 9.86 Å². The van der Waals surface area contributed by atoms with Crippen molar-refractivity contribution >= 4 is 31.8 Å². The van der Waals surface area contributed by atoms with Gasteiger partial charge >= 0.3 is 0 Å². The summed E-state index contributed by atoms with van der Waals surface area (Å²) in [4.78, 5) is -0.217. The number of thioether (sulfide) groups is 1. The minimum Gasteiger partial charge on any atom is -0.225 e. The topological polar surface area (TPSA) is 106 Å². The van der Waals surface area contributed by atoms with E-state index in [0.717, 1.165) is 12.1 Å². The fraction of sp³-hybridized carbons (Fsp3) is 0.200. The zero-order chi connectivity index (χ0) is 18.5. The fourth-order valence-electron chi connectivity index (χ4n) is 1.94. The van der Waals surface area contributed by atoms with E-state index in [4.69, 9.17) is 5.14 Å². The molecule has 0 amide bonds. The van der Waals surface area contributed by atoms with Gasteiger partial charge in [-0.05, 0) is 35.9 Å². The summed E-state index contributed by atoms with van der Waals surface area (Å²) in [5.41, 5.74) is 0.564. The predicted octanol–water partition coefficient (Wildman–Crippen LogP) is 1.68. The zero-order valence-corrected chi connectivity index (χ0v) is 15.5. The minimum atomic E-state index is -3.87. The maximum absolute atomic E-state index is 13.4. The molecule has 2 rings (SSSR count). The van der Waals surface area contributed by atoms with E-state index in [0.29, 0.717) is 17.1 Å². The molecule has 0 aliphatic heterocycles. The highest BCUT2D eigenvalue weighted by Crippen LogP contribution is 2.16. The van der Waals surface area contributed by atoms with Gasteiger partial charge in [0.1, 0.15) is 5.82 Å². The third-order valence-electron chi connectivity index (χ3n) is 3.22. The van der Waals surface area contributed by atoms with E-state index in [-0.39, 0.29) is 22.2 Å². The minimum absolute atomic E-state index is 0.0565. The lowest BCUT2D eigenvalue weighted by Crippen LogP contribution is -2.26. The molecule has 0 heterocycles. The average molecular weight is 405 g/mol. The smallest absolute Gasteiger partial charge is 0.225 e. The van der Waals surface area contributed by atoms with Crippen LogP contribution in [0.1, 0.15) is 5.56 Å². The van der Waals surface area contributed by atoms with Crippen LogP contribution in [0.2, 0.25) is 0 Å². The summed E-state index contributed by atoms with van der Waals surface area (Å²) in [5.74, 6) is 0.617. The lowest BCUT2D eigenvalue weighted by molar-refractivity contribution is 0.583. The van der Waals surface area contributed by atoms with Crippen molar-refractivity contribution in [3.8, 4) is 0 Å². The second-order valence-corrected chi connectivity index (χ2v) is 9.49. The van der Waals surface area contributed by atoms with Gasteiger partial charge < -0.3 is 0 Å². The van der Waals surface area contributed by atoms with Gasteiger partial charge in [-0.1, -0.05) is 18.2 Å². The van der Waals surface area contributed by atoms with Crippen molar-refractivity contribution in [2.24, 2.45) is 5.14 Å². The second-order valence-electron chi connectivity index (χ2n) is 5.06. The molecule has 3 N–H and O–H groups in total. The number of nitrogens with two attached hydrogens (primary N) is 1. The number of primary sulfonamides is 1. The Morgan fingerprint density at radius 2 is 1.56 bits per heavy atom. The number of sulfonamides is 2. The Bertz CT molecular complexity index is 930. The summed E-state index contributed by atoms with van der Waals surface area (Å²) in [5, 5.41) is 4.97. The molecule has 0 saturated carbocycles. The second kappa shape index (κ2) is 8.28. The molecular formula is C15H17FN2O4S3. The Kier molecular flexibility index (Phi) is 6.58. The van der Waals surface area contributed by atoms with Crippen molar-refractivity contribution < 1.29 is 21.2 Å². The first-order valence-electron chi connectivity index (χ1n) is 7.14. The summed E-state index contributed by atoms with van der Waals surface area (Å²) in [6.45, 7) is 0.165. The van der Waals surface area contributed by atoms with Crippen LogP contribution in [0.4, 0.5) is 4.39 Å². The highest BCUT2D eigenvalue weighted by atomic mass is 32.2. The van der Waals surface area contributed by atoms with Gasteiger partial charge in [-0.3, -0.25) is 0 Å². The van der Waals surface area contributed by atoms with E-state index in [1.807, 2.05) is 0 Å². The Morgan fingerprint density at radius 1 is 0.960 bits per heavy atom. The third-order valence-corrected chi connectivity index (χ3v) is 6.63. The van der Waals surface area contributed by atoms with Crippen LogP contribution >= 0.6 is 11.8 Å². The van der Waals surface area contributed by atoms with Gasteiger partial charge in [0.25, 0.3) is 0 Å². The summed E-state index contributed by atoms with van der Waals surface area (Å²) < 4.78 is 62.4. The van der Waals surface area contributed by atoms with Crippen LogP contribution in [0.15, 0.2) is 58.3 Å². The SMILES string of the molecule is NS(=O)(=O)c1ccc(S(=O)(=O)NCCSCc2ccccc2F)cc1. The quantitative estimate of drug-likeness (QED) is 0.651. The number of hydrogen-bond acceptors (Lipinski definition) is 5. The van der Waals surface area contributed by atoms with Crippen LogP contribution in [0, 0.1) is 5.82 Å². The molecule has 0 aliphatic carbocycles. The molecule has 0 fully saturated rings. The lowest BCUT2D eigenvalue weighted by atomic mass is 10.2. The van der Waals surface area contributed by atoms with Crippen molar-refractivity contribution in [2.45, 2.75) is 15.5 Å². The molecule has 25 heavy (non-hydrogen) atoms. The maximum Gasteiger partial charge on any atom is 0.240 e. The van der Waals surface area contributed by atoms with E-state index in [1.165, 1.54) is 30.0 Å². The summed E-state index contributed by atoms with van der Waals surface area (Å²) >= 11 is 1.40. The standard InChI is InChI=1S/C15H17FN2O4S3/c16-15-4-2-1-3-12(15)11-23-10-9-18-25(21,22)14-7-5-13(6-8-14)24(17,19)20/h1-8,18H,9-11H2,(H2,17,19,20). The number of hydrogen-bond donors (Lipinski definition) is 2. The van der Waals surface area contributed by atoms with Gasteiger partial charge in [-0.25, -0.2) is 31.1 Å². The molecule has 0 spiro atoms. The average Bonchev–Trinajstić information content (AvgIpc) is 2.55. The largest absolute Gasteiger partial charge is 0.240 e. The fourth-order valence-corrected chi connectivity index (χ4v) is 4.46. The van der Waals surface area contributed by atoms with Crippen LogP contribution in [0.5, 0.6) is 0 Å². The van der Waals surface area contributed by atoms with Gasteiger partial charge in [-0.15, -0.1) is 0 Å². The van der Waals surface area contributed by atoms with E-state index >= 15 is 0 Å². The molecule has 2 aromatic carbocycles. The van der Waals surface area contributed by atoms with Crippen molar-refractivity contribution in [2.75, 3.05) is 12.3 Å². The summed E-state index contributed by atoms with van der Waals surface area (Å²) in [6, 6.07) is 11.0. The Balaban J connectivity index is 1.86. The molecule has 0 aromatic heterocycles. The van der Waals surface area contributed by atoms with Crippen LogP contribution in [0.3, 0.4) is 0 Å². The molecular weight excluding hydrogens is 387 g/mol. The van der Waals surface area contributed by atoms with Crippen LogP contribution in [0.25, 0.3) is 0 Å². The van der Waals surface area contributed by atoms with E-state index < -0.39 is 20.0 Å². The molecule has 0 saturated heterocycles. The summed E-state index contributed by atoms with van der Waals surface area (Å²) in [7, 11) is -7.62. The summed E-state index contributed by atoms with van der Waals surface area (Å²) in [6.07, 6.45) is 0. The molecule has 0 unspecified atom stereocenters. The predicted molar refractivity (Wildman–Crippen MR) is 95.6 cm³/mol. The van der Waals surface area contributed by atoms with Crippen molar-refractivity contribution in [1.29, 1.82) is 0 Å². The van der Waals surface area contributed by atoms with Crippen molar-refractivity contribution in [1.82, 2.24) is 4.72 Å². The van der Waals surface area contributed by atoms with Gasteiger partial charge in [0.15, 0.2) is 0 Å². The van der Waals surface area contributed by atoms with E-state index in [1.54, 1.807) is 18.2 Å².